The first-order chi connectivity index (χ1) is 14.2. The van der Waals surface area contributed by atoms with Gasteiger partial charge in [-0.15, -0.1) is 0 Å². The Bertz CT molecular complexity index is 1090. The maximum absolute atomic E-state index is 13.9. The van der Waals surface area contributed by atoms with Crippen LogP contribution in [0.1, 0.15) is 22.8 Å². The van der Waals surface area contributed by atoms with E-state index in [1.54, 1.807) is 12.1 Å². The highest BCUT2D eigenvalue weighted by Crippen LogP contribution is 2.19. The van der Waals surface area contributed by atoms with E-state index in [1.165, 1.54) is 58.6 Å². The van der Waals surface area contributed by atoms with E-state index in [1.807, 2.05) is 0 Å². The maximum atomic E-state index is 13.9. The molecular weight excluding hydrogens is 475 g/mol. The number of hydrogen-bond acceptors (Lipinski definition) is 4. The van der Waals surface area contributed by atoms with E-state index in [-0.39, 0.29) is 42.8 Å². The summed E-state index contributed by atoms with van der Waals surface area (Å²) in [6.07, 6.45) is 2.70. The monoisotopic (exact) mass is 494 g/mol. The van der Waals surface area contributed by atoms with Crippen LogP contribution in [0.4, 0.5) is 4.39 Å². The third-order valence-electron chi connectivity index (χ3n) is 4.82. The number of carbonyl (C=O) groups excluding carboxylic acids is 2. The minimum atomic E-state index is -3.71. The Morgan fingerprint density at radius 1 is 1.03 bits per heavy atom. The van der Waals surface area contributed by atoms with E-state index in [0.29, 0.717) is 15.6 Å². The summed E-state index contributed by atoms with van der Waals surface area (Å²) in [5, 5.41) is 0. The molecule has 9 heteroatoms. The van der Waals surface area contributed by atoms with Crippen LogP contribution < -0.4 is 0 Å². The predicted molar refractivity (Wildman–Crippen MR) is 115 cm³/mol. The van der Waals surface area contributed by atoms with Crippen molar-refractivity contribution in [3.8, 4) is 0 Å². The van der Waals surface area contributed by atoms with Crippen LogP contribution in [0.3, 0.4) is 0 Å². The molecule has 0 radical (unpaired) electrons. The maximum Gasteiger partial charge on any atom is 0.246 e. The topological polar surface area (TPSA) is 74.8 Å². The fourth-order valence-corrected chi connectivity index (χ4v) is 4.82. The number of piperazine rings is 1. The van der Waals surface area contributed by atoms with Crippen LogP contribution in [-0.4, -0.2) is 55.5 Å². The third kappa shape index (κ3) is 5.03. The largest absolute Gasteiger partial charge is 0.337 e. The summed E-state index contributed by atoms with van der Waals surface area (Å²) in [7, 11) is -3.71. The molecule has 3 rings (SSSR count). The Morgan fingerprint density at radius 2 is 1.67 bits per heavy atom. The van der Waals surface area contributed by atoms with Gasteiger partial charge in [-0.05, 0) is 37.3 Å². The number of nitrogens with zero attached hydrogens (tertiary/aromatic N) is 2. The summed E-state index contributed by atoms with van der Waals surface area (Å²) in [6, 6.07) is 10.4. The molecule has 0 aliphatic carbocycles. The molecule has 0 unspecified atom stereocenters. The molecule has 6 nitrogen and oxygen atoms in total. The first kappa shape index (κ1) is 22.3. The van der Waals surface area contributed by atoms with Crippen molar-refractivity contribution in [2.24, 2.45) is 0 Å². The van der Waals surface area contributed by atoms with Gasteiger partial charge in [-0.3, -0.25) is 9.59 Å². The highest BCUT2D eigenvalue weighted by Gasteiger charge is 2.29. The number of halogens is 2. The van der Waals surface area contributed by atoms with Crippen LogP contribution in [0.25, 0.3) is 6.08 Å². The van der Waals surface area contributed by atoms with Crippen molar-refractivity contribution in [3.05, 3.63) is 70.0 Å². The number of benzene rings is 2. The van der Waals surface area contributed by atoms with Crippen LogP contribution in [0, 0.1) is 5.82 Å². The molecular formula is C21H20BrFN2O4S. The molecule has 1 heterocycles. The van der Waals surface area contributed by atoms with Crippen LogP contribution in [0.15, 0.2) is 57.9 Å². The molecule has 0 spiro atoms. The van der Waals surface area contributed by atoms with Gasteiger partial charge in [0.2, 0.25) is 15.9 Å². The molecule has 0 atom stereocenters. The third-order valence-corrected chi connectivity index (χ3v) is 7.22. The molecule has 1 saturated heterocycles. The lowest BCUT2D eigenvalue weighted by Crippen LogP contribution is -2.50. The average Bonchev–Trinajstić information content (AvgIpc) is 2.73. The number of amides is 1. The Hall–Kier alpha value is -2.36. The van der Waals surface area contributed by atoms with E-state index in [2.05, 4.69) is 15.9 Å². The second-order valence-electron chi connectivity index (χ2n) is 6.81. The molecule has 1 fully saturated rings. The average molecular weight is 495 g/mol. The van der Waals surface area contributed by atoms with Gasteiger partial charge < -0.3 is 4.90 Å². The highest BCUT2D eigenvalue weighted by atomic mass is 79.9. The summed E-state index contributed by atoms with van der Waals surface area (Å²) in [5.74, 6) is -0.887. The zero-order valence-electron chi connectivity index (χ0n) is 16.2. The fraction of sp³-hybridized carbons (Fsp3) is 0.238. The van der Waals surface area contributed by atoms with Gasteiger partial charge in [-0.1, -0.05) is 34.1 Å². The van der Waals surface area contributed by atoms with Gasteiger partial charge in [-0.25, -0.2) is 12.8 Å². The van der Waals surface area contributed by atoms with E-state index in [0.717, 1.165) is 0 Å². The van der Waals surface area contributed by atoms with Gasteiger partial charge in [0.25, 0.3) is 0 Å². The number of sulfonamides is 1. The van der Waals surface area contributed by atoms with Gasteiger partial charge in [0.15, 0.2) is 5.78 Å². The van der Waals surface area contributed by atoms with Crippen molar-refractivity contribution in [1.82, 2.24) is 9.21 Å². The molecule has 1 aliphatic rings. The number of hydrogen-bond donors (Lipinski definition) is 0. The Morgan fingerprint density at radius 3 is 2.23 bits per heavy atom. The number of rotatable bonds is 5. The molecule has 2 aromatic carbocycles. The first-order valence-electron chi connectivity index (χ1n) is 9.21. The highest BCUT2D eigenvalue weighted by molar-refractivity contribution is 9.10. The fourth-order valence-electron chi connectivity index (χ4n) is 3.06. The second kappa shape index (κ2) is 9.20. The van der Waals surface area contributed by atoms with Gasteiger partial charge in [0, 0.05) is 47.9 Å². The molecule has 0 saturated carbocycles. The molecule has 158 valence electrons. The lowest BCUT2D eigenvalue weighted by atomic mass is 10.2. The van der Waals surface area contributed by atoms with Crippen LogP contribution in [0.5, 0.6) is 0 Å². The summed E-state index contributed by atoms with van der Waals surface area (Å²) >= 11 is 3.18. The van der Waals surface area contributed by atoms with Crippen LogP contribution >= 0.6 is 15.9 Å². The molecule has 1 aliphatic heterocycles. The summed E-state index contributed by atoms with van der Waals surface area (Å²) in [6.45, 7) is 2.19. The zero-order chi connectivity index (χ0) is 21.9. The summed E-state index contributed by atoms with van der Waals surface area (Å²) in [5.41, 5.74) is 0.736. The van der Waals surface area contributed by atoms with Crippen molar-refractivity contribution >= 4 is 43.7 Å². The van der Waals surface area contributed by atoms with Crippen molar-refractivity contribution < 1.29 is 22.4 Å². The lowest BCUT2D eigenvalue weighted by molar-refractivity contribution is -0.127. The van der Waals surface area contributed by atoms with Crippen molar-refractivity contribution in [1.29, 1.82) is 0 Å². The van der Waals surface area contributed by atoms with Gasteiger partial charge >= 0.3 is 0 Å². The molecule has 30 heavy (non-hydrogen) atoms. The Labute approximate surface area is 183 Å². The normalized spacial score (nSPS) is 15.5. The van der Waals surface area contributed by atoms with E-state index in [4.69, 9.17) is 0 Å². The van der Waals surface area contributed by atoms with Crippen molar-refractivity contribution in [2.45, 2.75) is 11.8 Å². The molecule has 2 aromatic rings. The minimum Gasteiger partial charge on any atom is -0.337 e. The summed E-state index contributed by atoms with van der Waals surface area (Å²) < 4.78 is 41.4. The molecule has 0 N–H and O–H groups in total. The minimum absolute atomic E-state index is 0.109. The van der Waals surface area contributed by atoms with Crippen molar-refractivity contribution in [3.63, 3.8) is 0 Å². The quantitative estimate of drug-likeness (QED) is 0.471. The number of carbonyl (C=O) groups is 2. The second-order valence-corrected chi connectivity index (χ2v) is 9.66. The van der Waals surface area contributed by atoms with Gasteiger partial charge in [-0.2, -0.15) is 4.31 Å². The van der Waals surface area contributed by atoms with Gasteiger partial charge in [0.05, 0.1) is 4.90 Å². The lowest BCUT2D eigenvalue weighted by Gasteiger charge is -2.33. The molecule has 1 amide bonds. The molecule has 0 bridgehead atoms. The number of Topliss-reactive ketones (excluding diaryl/α,β-unsaturated/α-hetero) is 1. The molecule has 0 aromatic heterocycles. The Kier molecular flexibility index (Phi) is 6.84. The SMILES string of the molecule is CC(=O)c1ccc(S(=O)(=O)N2CCN(C(=O)/C=C/c3ccc(Br)cc3F)CC2)cc1. The predicted octanol–water partition coefficient (Wildman–Crippen LogP) is 3.34. The van der Waals surface area contributed by atoms with E-state index >= 15 is 0 Å². The van der Waals surface area contributed by atoms with Crippen LogP contribution in [-0.2, 0) is 14.8 Å². The smallest absolute Gasteiger partial charge is 0.246 e. The standard InChI is InChI=1S/C21H20BrFN2O4S/c1-15(26)16-3-7-19(8-4-16)30(28,29)25-12-10-24(11-13-25)21(27)9-5-17-2-6-18(22)14-20(17)23/h2-9,14H,10-13H2,1H3/b9-5+. The van der Waals surface area contributed by atoms with E-state index < -0.39 is 15.8 Å². The van der Waals surface area contributed by atoms with Crippen LogP contribution in [0.2, 0.25) is 0 Å². The summed E-state index contributed by atoms with van der Waals surface area (Å²) in [4.78, 5) is 25.4. The number of ketones is 1. The zero-order valence-corrected chi connectivity index (χ0v) is 18.6. The first-order valence-corrected chi connectivity index (χ1v) is 11.4. The van der Waals surface area contributed by atoms with Crippen molar-refractivity contribution in [2.75, 3.05) is 26.2 Å². The Balaban J connectivity index is 1.62. The van der Waals surface area contributed by atoms with E-state index in [9.17, 15) is 22.4 Å². The van der Waals surface area contributed by atoms with Gasteiger partial charge in [0.1, 0.15) is 5.82 Å².